The van der Waals surface area contributed by atoms with Crippen molar-refractivity contribution < 1.29 is 9.53 Å². The lowest BCUT2D eigenvalue weighted by atomic mass is 10.1. The molecule has 0 saturated carbocycles. The number of methoxy groups -OCH3 is 1. The van der Waals surface area contributed by atoms with Crippen LogP contribution in [0.1, 0.15) is 27.3 Å². The zero-order chi connectivity index (χ0) is 16.1. The number of aryl methyl sites for hydroxylation is 1. The molecule has 1 aromatic heterocycles. The van der Waals surface area contributed by atoms with Gasteiger partial charge in [0.05, 0.1) is 10.6 Å². The Morgan fingerprint density at radius 3 is 2.86 bits per heavy atom. The number of nitrogens with zero attached hydrogens (tertiary/aromatic N) is 2. The Bertz CT molecular complexity index is 691. The van der Waals surface area contributed by atoms with Crippen molar-refractivity contribution in [2.45, 2.75) is 20.1 Å². The summed E-state index contributed by atoms with van der Waals surface area (Å²) in [5, 5.41) is 3.17. The lowest BCUT2D eigenvalue weighted by Crippen LogP contribution is -2.24. The van der Waals surface area contributed by atoms with Gasteiger partial charge in [-0.05, 0) is 24.6 Å². The predicted molar refractivity (Wildman–Crippen MR) is 84.5 cm³/mol. The fourth-order valence-corrected chi connectivity index (χ4v) is 2.19. The molecule has 3 N–H and O–H groups in total. The Kier molecular flexibility index (Phi) is 5.30. The molecule has 116 valence electrons. The highest BCUT2D eigenvalue weighted by atomic mass is 35.5. The third-order valence-corrected chi connectivity index (χ3v) is 3.34. The average molecular weight is 321 g/mol. The minimum absolute atomic E-state index is 0.224. The van der Waals surface area contributed by atoms with Gasteiger partial charge in [0.25, 0.3) is 5.91 Å². The van der Waals surface area contributed by atoms with Crippen molar-refractivity contribution >= 4 is 23.3 Å². The maximum absolute atomic E-state index is 12.1. The number of nitrogen functional groups attached to an aromatic ring is 1. The molecule has 0 aliphatic heterocycles. The summed E-state index contributed by atoms with van der Waals surface area (Å²) < 4.78 is 4.94. The Labute approximate surface area is 133 Å². The van der Waals surface area contributed by atoms with Crippen molar-refractivity contribution in [1.29, 1.82) is 0 Å². The van der Waals surface area contributed by atoms with Gasteiger partial charge in [0, 0.05) is 25.4 Å². The van der Waals surface area contributed by atoms with Gasteiger partial charge in [0.1, 0.15) is 12.4 Å². The molecule has 1 amide bonds. The number of halogens is 1. The quantitative estimate of drug-likeness (QED) is 0.880. The maximum atomic E-state index is 12.1. The maximum Gasteiger partial charge on any atom is 0.253 e. The average Bonchev–Trinajstić information content (AvgIpc) is 2.46. The van der Waals surface area contributed by atoms with E-state index < -0.39 is 0 Å². The highest BCUT2D eigenvalue weighted by Gasteiger charge is 2.11. The highest BCUT2D eigenvalue weighted by Crippen LogP contribution is 2.17. The Balaban J connectivity index is 2.04. The summed E-state index contributed by atoms with van der Waals surface area (Å²) in [6.07, 6.45) is 1.58. The van der Waals surface area contributed by atoms with Gasteiger partial charge < -0.3 is 15.8 Å². The smallest absolute Gasteiger partial charge is 0.253 e. The van der Waals surface area contributed by atoms with Crippen LogP contribution >= 0.6 is 11.6 Å². The van der Waals surface area contributed by atoms with E-state index in [1.165, 1.54) is 0 Å². The molecule has 2 rings (SSSR count). The van der Waals surface area contributed by atoms with Crippen molar-refractivity contribution in [3.05, 3.63) is 51.9 Å². The number of aromatic nitrogens is 2. The number of amides is 1. The Morgan fingerprint density at radius 1 is 1.45 bits per heavy atom. The monoisotopic (exact) mass is 320 g/mol. The summed E-state index contributed by atoms with van der Waals surface area (Å²) in [4.78, 5) is 20.4. The lowest BCUT2D eigenvalue weighted by molar-refractivity contribution is 0.0951. The summed E-state index contributed by atoms with van der Waals surface area (Å²) >= 11 is 6.07. The fourth-order valence-electron chi connectivity index (χ4n) is 1.87. The van der Waals surface area contributed by atoms with Crippen LogP contribution in [0, 0.1) is 6.92 Å². The number of hydrogen-bond acceptors (Lipinski definition) is 5. The van der Waals surface area contributed by atoms with E-state index in [2.05, 4.69) is 15.3 Å². The van der Waals surface area contributed by atoms with Crippen molar-refractivity contribution in [3.8, 4) is 0 Å². The van der Waals surface area contributed by atoms with Crippen molar-refractivity contribution in [2.75, 3.05) is 12.8 Å². The second-order valence-electron chi connectivity index (χ2n) is 4.80. The van der Waals surface area contributed by atoms with E-state index in [1.807, 2.05) is 13.0 Å². The first kappa shape index (κ1) is 16.2. The van der Waals surface area contributed by atoms with Crippen LogP contribution in [0.4, 0.5) is 5.82 Å². The zero-order valence-corrected chi connectivity index (χ0v) is 13.1. The van der Waals surface area contributed by atoms with Crippen LogP contribution in [-0.4, -0.2) is 23.0 Å². The molecular weight excluding hydrogens is 304 g/mol. The summed E-state index contributed by atoms with van der Waals surface area (Å²) in [5.41, 5.74) is 7.89. The van der Waals surface area contributed by atoms with Gasteiger partial charge in [-0.2, -0.15) is 0 Å². The number of benzene rings is 1. The van der Waals surface area contributed by atoms with E-state index in [4.69, 9.17) is 22.1 Å². The fraction of sp³-hybridized carbons (Fsp3) is 0.267. The minimum Gasteiger partial charge on any atom is -0.383 e. The van der Waals surface area contributed by atoms with Crippen molar-refractivity contribution in [3.63, 3.8) is 0 Å². The van der Waals surface area contributed by atoms with Gasteiger partial charge in [-0.25, -0.2) is 9.97 Å². The number of nitrogens with one attached hydrogen (secondary N) is 1. The van der Waals surface area contributed by atoms with Crippen LogP contribution in [-0.2, 0) is 17.9 Å². The van der Waals surface area contributed by atoms with E-state index >= 15 is 0 Å². The van der Waals surface area contributed by atoms with Gasteiger partial charge in [-0.1, -0.05) is 17.7 Å². The Morgan fingerprint density at radius 2 is 2.23 bits per heavy atom. The van der Waals surface area contributed by atoms with Gasteiger partial charge in [-0.3, -0.25) is 4.79 Å². The molecule has 0 unspecified atom stereocenters. The largest absolute Gasteiger partial charge is 0.383 e. The molecule has 2 aromatic rings. The van der Waals surface area contributed by atoms with Crippen LogP contribution in [0.5, 0.6) is 0 Å². The second kappa shape index (κ2) is 7.20. The third-order valence-electron chi connectivity index (χ3n) is 3.03. The molecule has 0 fully saturated rings. The number of ether oxygens (including phenoxy) is 1. The molecule has 0 bridgehead atoms. The van der Waals surface area contributed by atoms with Gasteiger partial charge >= 0.3 is 0 Å². The van der Waals surface area contributed by atoms with E-state index in [1.54, 1.807) is 25.4 Å². The molecule has 1 aromatic carbocycles. The summed E-state index contributed by atoms with van der Waals surface area (Å²) in [6, 6.07) is 5.26. The van der Waals surface area contributed by atoms with Gasteiger partial charge in [-0.15, -0.1) is 0 Å². The molecule has 1 heterocycles. The number of rotatable bonds is 5. The van der Waals surface area contributed by atoms with Crippen LogP contribution < -0.4 is 11.1 Å². The van der Waals surface area contributed by atoms with E-state index in [9.17, 15) is 4.79 Å². The number of carbonyl (C=O) groups excluding carboxylic acids is 1. The molecule has 0 atom stereocenters. The molecule has 22 heavy (non-hydrogen) atoms. The first-order chi connectivity index (χ1) is 10.5. The normalized spacial score (nSPS) is 10.5. The van der Waals surface area contributed by atoms with Gasteiger partial charge in [0.15, 0.2) is 5.82 Å². The standard InChI is InChI=1S/C15H17ClN4O2/c1-9-3-4-11(12(16)5-9)15(21)19-7-10-6-18-13(8-22-2)20-14(10)17/h3-6H,7-8H2,1-2H3,(H,19,21)(H2,17,18,20). The zero-order valence-electron chi connectivity index (χ0n) is 12.4. The van der Waals surface area contributed by atoms with Crippen LogP contribution in [0.3, 0.4) is 0 Å². The highest BCUT2D eigenvalue weighted by molar-refractivity contribution is 6.33. The first-order valence-corrected chi connectivity index (χ1v) is 7.02. The Hall–Kier alpha value is -2.18. The second-order valence-corrected chi connectivity index (χ2v) is 5.20. The minimum atomic E-state index is -0.273. The molecule has 0 aliphatic carbocycles. The molecule has 6 nitrogen and oxygen atoms in total. The van der Waals surface area contributed by atoms with Crippen molar-refractivity contribution in [2.24, 2.45) is 0 Å². The molecule has 0 radical (unpaired) electrons. The third kappa shape index (κ3) is 3.93. The van der Waals surface area contributed by atoms with E-state index in [0.717, 1.165) is 5.56 Å². The van der Waals surface area contributed by atoms with Crippen LogP contribution in [0.25, 0.3) is 0 Å². The number of nitrogens with two attached hydrogens (primary N) is 1. The molecule has 0 spiro atoms. The molecule has 7 heteroatoms. The van der Waals surface area contributed by atoms with Crippen LogP contribution in [0.2, 0.25) is 5.02 Å². The number of carbonyl (C=O) groups is 1. The molecule has 0 aliphatic rings. The van der Waals surface area contributed by atoms with Crippen LogP contribution in [0.15, 0.2) is 24.4 Å². The lowest BCUT2D eigenvalue weighted by Gasteiger charge is -2.09. The molecular formula is C15H17ClN4O2. The summed E-state index contributed by atoms with van der Waals surface area (Å²) in [7, 11) is 1.55. The summed E-state index contributed by atoms with van der Waals surface area (Å²) in [5.74, 6) is 0.541. The molecule has 0 saturated heterocycles. The number of hydrogen-bond donors (Lipinski definition) is 2. The predicted octanol–water partition coefficient (Wildman–Crippen LogP) is 2.10. The van der Waals surface area contributed by atoms with E-state index in [0.29, 0.717) is 27.8 Å². The number of anilines is 1. The SMILES string of the molecule is COCc1ncc(CNC(=O)c2ccc(C)cc2Cl)c(N)n1. The summed E-state index contributed by atoms with van der Waals surface area (Å²) in [6.45, 7) is 2.42. The first-order valence-electron chi connectivity index (χ1n) is 6.65. The van der Waals surface area contributed by atoms with Gasteiger partial charge in [0.2, 0.25) is 0 Å². The topological polar surface area (TPSA) is 90.1 Å². The van der Waals surface area contributed by atoms with E-state index in [-0.39, 0.29) is 19.1 Å². The van der Waals surface area contributed by atoms with Crippen molar-refractivity contribution in [1.82, 2.24) is 15.3 Å².